The largest absolute Gasteiger partial charge is 0.405 e. The number of halogens is 3. The second kappa shape index (κ2) is 6.23. The third-order valence-corrected chi connectivity index (χ3v) is 3.65. The first-order valence-corrected chi connectivity index (χ1v) is 6.31. The van der Waals surface area contributed by atoms with Crippen molar-refractivity contribution in [1.29, 1.82) is 0 Å². The van der Waals surface area contributed by atoms with E-state index in [9.17, 15) is 22.2 Å². The number of nitrogens with one attached hydrogen (secondary N) is 2. The fraction of sp³-hybridized carbons (Fsp3) is 0.889. The average Bonchev–Trinajstić information content (AvgIpc) is 2.12. The quantitative estimate of drug-likeness (QED) is 0.814. The summed E-state index contributed by atoms with van der Waals surface area (Å²) in [5.41, 5.74) is 0. The van der Waals surface area contributed by atoms with Crippen molar-refractivity contribution in [3.05, 3.63) is 0 Å². The molecule has 0 heterocycles. The standard InChI is InChI=1S/C9H17F3N2O2S/c1-8(2,3)17(16)5-4-13-7(15)14-6-9(10,11)12/h4-6H2,1-3H3,(H2,13,14,15)/t17-/m1/s1. The smallest absolute Gasteiger partial charge is 0.337 e. The van der Waals surface area contributed by atoms with Gasteiger partial charge in [0.25, 0.3) is 0 Å². The Balaban J connectivity index is 3.77. The molecule has 1 atom stereocenters. The number of carbonyl (C=O) groups excluding carboxylic acids is 1. The van der Waals surface area contributed by atoms with E-state index < -0.39 is 34.3 Å². The van der Waals surface area contributed by atoms with Crippen LogP contribution in [0.5, 0.6) is 0 Å². The van der Waals surface area contributed by atoms with Crippen molar-refractivity contribution in [2.75, 3.05) is 18.8 Å². The first kappa shape index (κ1) is 16.2. The molecular weight excluding hydrogens is 257 g/mol. The molecule has 0 aromatic rings. The lowest BCUT2D eigenvalue weighted by Crippen LogP contribution is -2.42. The highest BCUT2D eigenvalue weighted by Gasteiger charge is 2.27. The van der Waals surface area contributed by atoms with Crippen LogP contribution in [0.2, 0.25) is 0 Å². The van der Waals surface area contributed by atoms with Crippen molar-refractivity contribution in [3.8, 4) is 0 Å². The molecule has 4 nitrogen and oxygen atoms in total. The summed E-state index contributed by atoms with van der Waals surface area (Å²) in [6, 6.07) is -0.909. The number of hydrogen-bond donors (Lipinski definition) is 2. The summed E-state index contributed by atoms with van der Waals surface area (Å²) in [6.07, 6.45) is -4.43. The zero-order chi connectivity index (χ0) is 13.7. The molecule has 0 bridgehead atoms. The summed E-state index contributed by atoms with van der Waals surface area (Å²) in [7, 11) is -1.14. The van der Waals surface area contributed by atoms with Gasteiger partial charge in [0.2, 0.25) is 0 Å². The molecule has 0 fully saturated rings. The number of hydrogen-bond acceptors (Lipinski definition) is 2. The maximum Gasteiger partial charge on any atom is 0.405 e. The number of amides is 2. The van der Waals surface area contributed by atoms with Gasteiger partial charge in [-0.05, 0) is 20.8 Å². The summed E-state index contributed by atoms with van der Waals surface area (Å²) in [5, 5.41) is 3.88. The SMILES string of the molecule is CC(C)(C)[S@](=O)CCNC(=O)NCC(F)(F)F. The van der Waals surface area contributed by atoms with Crippen LogP contribution in [0.1, 0.15) is 20.8 Å². The molecule has 0 unspecified atom stereocenters. The number of rotatable bonds is 4. The van der Waals surface area contributed by atoms with E-state index in [1.54, 1.807) is 26.1 Å². The highest BCUT2D eigenvalue weighted by molar-refractivity contribution is 7.86. The van der Waals surface area contributed by atoms with Gasteiger partial charge in [0, 0.05) is 27.8 Å². The minimum atomic E-state index is -4.43. The lowest BCUT2D eigenvalue weighted by atomic mass is 10.3. The van der Waals surface area contributed by atoms with E-state index in [-0.39, 0.29) is 12.3 Å². The summed E-state index contributed by atoms with van der Waals surface area (Å²) >= 11 is 0. The maximum absolute atomic E-state index is 11.7. The molecule has 2 N–H and O–H groups in total. The first-order chi connectivity index (χ1) is 7.52. The Morgan fingerprint density at radius 3 is 2.12 bits per heavy atom. The van der Waals surface area contributed by atoms with E-state index in [0.29, 0.717) is 0 Å². The van der Waals surface area contributed by atoms with E-state index in [4.69, 9.17) is 0 Å². The van der Waals surface area contributed by atoms with Crippen LogP contribution < -0.4 is 10.6 Å². The van der Waals surface area contributed by atoms with Gasteiger partial charge < -0.3 is 10.6 Å². The van der Waals surface area contributed by atoms with Crippen LogP contribution in [0.15, 0.2) is 0 Å². The maximum atomic E-state index is 11.7. The Morgan fingerprint density at radius 2 is 1.71 bits per heavy atom. The van der Waals surface area contributed by atoms with E-state index in [1.807, 2.05) is 0 Å². The molecule has 0 saturated carbocycles. The molecule has 0 aliphatic carbocycles. The Labute approximate surface area is 101 Å². The average molecular weight is 274 g/mol. The molecule has 0 aliphatic heterocycles. The topological polar surface area (TPSA) is 58.2 Å². The van der Waals surface area contributed by atoms with Crippen LogP contribution in [0.3, 0.4) is 0 Å². The second-order valence-electron chi connectivity index (χ2n) is 4.39. The second-order valence-corrected chi connectivity index (χ2v) is 6.71. The van der Waals surface area contributed by atoms with Gasteiger partial charge >= 0.3 is 12.2 Å². The molecule has 0 aliphatic rings. The van der Waals surface area contributed by atoms with Gasteiger partial charge in [0.15, 0.2) is 0 Å². The lowest BCUT2D eigenvalue weighted by molar-refractivity contribution is -0.122. The van der Waals surface area contributed by atoms with Crippen molar-refractivity contribution in [3.63, 3.8) is 0 Å². The van der Waals surface area contributed by atoms with Crippen molar-refractivity contribution >= 4 is 16.8 Å². The van der Waals surface area contributed by atoms with Gasteiger partial charge in [-0.3, -0.25) is 4.21 Å². The molecule has 2 amide bonds. The van der Waals surface area contributed by atoms with Gasteiger partial charge in [-0.15, -0.1) is 0 Å². The molecule has 17 heavy (non-hydrogen) atoms. The molecule has 0 spiro atoms. The van der Waals surface area contributed by atoms with Crippen LogP contribution >= 0.6 is 0 Å². The van der Waals surface area contributed by atoms with Gasteiger partial charge in [0.1, 0.15) is 6.54 Å². The fourth-order valence-corrected chi connectivity index (χ4v) is 1.71. The number of urea groups is 1. The van der Waals surface area contributed by atoms with Crippen LogP contribution in [-0.4, -0.2) is 40.0 Å². The summed E-state index contributed by atoms with van der Waals surface area (Å²) < 4.78 is 46.3. The predicted octanol–water partition coefficient (Wildman–Crippen LogP) is 1.40. The molecule has 0 aromatic heterocycles. The molecule has 0 aromatic carbocycles. The Bertz CT molecular complexity index is 287. The Kier molecular flexibility index (Phi) is 5.94. The van der Waals surface area contributed by atoms with Gasteiger partial charge in [-0.25, -0.2) is 4.79 Å². The third kappa shape index (κ3) is 8.96. The van der Waals surface area contributed by atoms with Crippen molar-refractivity contribution < 1.29 is 22.2 Å². The number of alkyl halides is 3. The lowest BCUT2D eigenvalue weighted by Gasteiger charge is -2.17. The number of carbonyl (C=O) groups is 1. The summed E-state index contributed by atoms with van der Waals surface area (Å²) in [5.74, 6) is 0.211. The van der Waals surface area contributed by atoms with Crippen molar-refractivity contribution in [2.24, 2.45) is 0 Å². The summed E-state index contributed by atoms with van der Waals surface area (Å²) in [6.45, 7) is 4.06. The molecule has 8 heteroatoms. The molecule has 102 valence electrons. The monoisotopic (exact) mass is 274 g/mol. The third-order valence-electron chi connectivity index (χ3n) is 1.71. The highest BCUT2D eigenvalue weighted by Crippen LogP contribution is 2.12. The normalized spacial score (nSPS) is 14.2. The van der Waals surface area contributed by atoms with Crippen molar-refractivity contribution in [1.82, 2.24) is 10.6 Å². The van der Waals surface area contributed by atoms with E-state index in [0.717, 1.165) is 0 Å². The van der Waals surface area contributed by atoms with Crippen molar-refractivity contribution in [2.45, 2.75) is 31.7 Å². The summed E-state index contributed by atoms with van der Waals surface area (Å²) in [4.78, 5) is 10.9. The van der Waals surface area contributed by atoms with E-state index >= 15 is 0 Å². The zero-order valence-corrected chi connectivity index (χ0v) is 10.8. The first-order valence-electron chi connectivity index (χ1n) is 4.99. The minimum Gasteiger partial charge on any atom is -0.337 e. The predicted molar refractivity (Wildman–Crippen MR) is 60.2 cm³/mol. The highest BCUT2D eigenvalue weighted by atomic mass is 32.2. The molecular formula is C9H17F3N2O2S. The minimum absolute atomic E-state index is 0.0770. The van der Waals surface area contributed by atoms with Crippen LogP contribution in [0.25, 0.3) is 0 Å². The Morgan fingerprint density at radius 1 is 1.18 bits per heavy atom. The van der Waals surface area contributed by atoms with Crippen LogP contribution in [0.4, 0.5) is 18.0 Å². The molecule has 0 saturated heterocycles. The van der Waals surface area contributed by atoms with Crippen LogP contribution in [-0.2, 0) is 10.8 Å². The van der Waals surface area contributed by atoms with Crippen LogP contribution in [0, 0.1) is 0 Å². The molecule has 0 rings (SSSR count). The van der Waals surface area contributed by atoms with E-state index in [2.05, 4.69) is 5.32 Å². The van der Waals surface area contributed by atoms with Gasteiger partial charge in [-0.1, -0.05) is 0 Å². The van der Waals surface area contributed by atoms with Gasteiger partial charge in [-0.2, -0.15) is 13.2 Å². The Hall–Kier alpha value is -0.790. The van der Waals surface area contributed by atoms with Gasteiger partial charge in [0.05, 0.1) is 0 Å². The fourth-order valence-electron chi connectivity index (χ4n) is 0.806. The van der Waals surface area contributed by atoms with E-state index in [1.165, 1.54) is 0 Å². The zero-order valence-electron chi connectivity index (χ0n) is 9.98. The molecule has 0 radical (unpaired) electrons.